The van der Waals surface area contributed by atoms with E-state index in [1.165, 1.54) is 4.90 Å². The molecular weight excluding hydrogens is 522 g/mol. The molecule has 180 valence electrons. The Kier molecular flexibility index (Phi) is 5.34. The molecule has 36 heavy (non-hydrogen) atoms. The molecule has 3 aromatic rings. The lowest BCUT2D eigenvalue weighted by Gasteiger charge is -2.38. The molecule has 0 spiro atoms. The van der Waals surface area contributed by atoms with E-state index in [9.17, 15) is 14.4 Å². The molecule has 2 amide bonds. The second kappa shape index (κ2) is 8.45. The molecule has 6 nitrogen and oxygen atoms in total. The van der Waals surface area contributed by atoms with E-state index in [1.807, 2.05) is 61.5 Å². The van der Waals surface area contributed by atoms with Gasteiger partial charge in [0.2, 0.25) is 11.8 Å². The molecule has 0 aromatic heterocycles. The highest BCUT2D eigenvalue weighted by Crippen LogP contribution is 2.54. The van der Waals surface area contributed by atoms with Crippen molar-refractivity contribution in [2.24, 2.45) is 17.8 Å². The van der Waals surface area contributed by atoms with Gasteiger partial charge >= 0.3 is 5.97 Å². The van der Waals surface area contributed by atoms with Crippen LogP contribution in [-0.2, 0) is 14.4 Å². The van der Waals surface area contributed by atoms with Crippen LogP contribution in [-0.4, -0.2) is 24.9 Å². The Balaban J connectivity index is 1.54. The maximum Gasteiger partial charge on any atom is 0.319 e. The zero-order chi connectivity index (χ0) is 25.1. The maximum atomic E-state index is 13.9. The van der Waals surface area contributed by atoms with Crippen molar-refractivity contribution in [1.82, 2.24) is 0 Å². The molecule has 0 saturated carbocycles. The number of hydrogen-bond acceptors (Lipinski definition) is 5. The maximum absolute atomic E-state index is 13.9. The second-order valence-corrected chi connectivity index (χ2v) is 10.3. The summed E-state index contributed by atoms with van der Waals surface area (Å²) in [5.74, 6) is -2.89. The number of methoxy groups -OCH3 is 1. The first kappa shape index (κ1) is 22.7. The van der Waals surface area contributed by atoms with E-state index in [1.54, 1.807) is 25.3 Å². The molecule has 6 rings (SSSR count). The average Bonchev–Trinajstić information content (AvgIpc) is 3.13. The fraction of sp³-hybridized carbons (Fsp3) is 0.207. The number of aryl methyl sites for hydroxylation is 1. The molecule has 0 radical (unpaired) electrons. The van der Waals surface area contributed by atoms with Crippen LogP contribution in [0.2, 0.25) is 0 Å². The number of benzene rings is 3. The van der Waals surface area contributed by atoms with Gasteiger partial charge in [-0.3, -0.25) is 14.4 Å². The summed E-state index contributed by atoms with van der Waals surface area (Å²) in [5, 5.41) is 0. The molecule has 1 saturated heterocycles. The van der Waals surface area contributed by atoms with Gasteiger partial charge in [0, 0.05) is 16.0 Å². The Morgan fingerprint density at radius 2 is 1.67 bits per heavy atom. The quantitative estimate of drug-likeness (QED) is 0.255. The van der Waals surface area contributed by atoms with Crippen molar-refractivity contribution < 1.29 is 23.9 Å². The van der Waals surface area contributed by atoms with Crippen LogP contribution in [0.5, 0.6) is 11.5 Å². The predicted octanol–water partition coefficient (Wildman–Crippen LogP) is 5.29. The smallest absolute Gasteiger partial charge is 0.319 e. The van der Waals surface area contributed by atoms with Crippen LogP contribution >= 0.6 is 15.9 Å². The molecular formula is C29H22BrNO5. The number of fused-ring (bicyclic) bond motifs is 5. The standard InChI is InChI=1S/C29H22BrNO5/c1-15-6-11-20-22-14-21(16-7-9-19(35-2)10-8-16)24-26(25(22)29(34)36-23(20)12-15)28(33)31(27(24)32)18-5-3-4-17(30)13-18/h3-14,21,24-26H,1-2H3/t21-,24-,25-,26+/m0/s1. The van der Waals surface area contributed by atoms with Gasteiger partial charge in [0.25, 0.3) is 0 Å². The van der Waals surface area contributed by atoms with Gasteiger partial charge in [0.15, 0.2) is 0 Å². The first-order chi connectivity index (χ1) is 17.4. The Morgan fingerprint density at radius 1 is 0.917 bits per heavy atom. The summed E-state index contributed by atoms with van der Waals surface area (Å²) in [6, 6.07) is 20.3. The number of hydrogen-bond donors (Lipinski definition) is 0. The van der Waals surface area contributed by atoms with Crippen LogP contribution in [0.3, 0.4) is 0 Å². The minimum absolute atomic E-state index is 0.318. The van der Waals surface area contributed by atoms with E-state index in [0.717, 1.165) is 26.7 Å². The van der Waals surface area contributed by atoms with Crippen molar-refractivity contribution in [1.29, 1.82) is 0 Å². The predicted molar refractivity (Wildman–Crippen MR) is 138 cm³/mol. The number of carbonyl (C=O) groups excluding carboxylic acids is 3. The Morgan fingerprint density at radius 3 is 2.39 bits per heavy atom. The normalized spacial score (nSPS) is 24.5. The van der Waals surface area contributed by atoms with Gasteiger partial charge < -0.3 is 9.47 Å². The minimum Gasteiger partial charge on any atom is -0.497 e. The molecule has 2 aliphatic heterocycles. The van der Waals surface area contributed by atoms with Crippen LogP contribution in [0.4, 0.5) is 5.69 Å². The van der Waals surface area contributed by atoms with E-state index >= 15 is 0 Å². The fourth-order valence-electron chi connectivity index (χ4n) is 5.69. The first-order valence-electron chi connectivity index (χ1n) is 11.7. The molecule has 3 aromatic carbocycles. The number of carbonyl (C=O) groups is 3. The lowest BCUT2D eigenvalue weighted by Crippen LogP contribution is -2.42. The van der Waals surface area contributed by atoms with Crippen LogP contribution in [0.15, 0.2) is 77.3 Å². The van der Waals surface area contributed by atoms with Crippen molar-refractivity contribution in [3.05, 3.63) is 94.0 Å². The molecule has 0 unspecified atom stereocenters. The van der Waals surface area contributed by atoms with Crippen LogP contribution < -0.4 is 14.4 Å². The zero-order valence-corrected chi connectivity index (χ0v) is 21.2. The van der Waals surface area contributed by atoms with Gasteiger partial charge in [-0.1, -0.05) is 52.3 Å². The molecule has 0 bridgehead atoms. The van der Waals surface area contributed by atoms with Crippen molar-refractivity contribution >= 4 is 45.0 Å². The first-order valence-corrected chi connectivity index (χ1v) is 12.5. The number of esters is 1. The number of amides is 2. The van der Waals surface area contributed by atoms with Gasteiger partial charge in [0.1, 0.15) is 11.5 Å². The number of ether oxygens (including phenoxy) is 2. The van der Waals surface area contributed by atoms with Gasteiger partial charge in [-0.15, -0.1) is 0 Å². The van der Waals surface area contributed by atoms with Crippen LogP contribution in [0.1, 0.15) is 22.6 Å². The van der Waals surface area contributed by atoms with Gasteiger partial charge in [-0.05, 0) is 60.0 Å². The molecule has 2 heterocycles. The zero-order valence-electron chi connectivity index (χ0n) is 19.6. The van der Waals surface area contributed by atoms with Gasteiger partial charge in [0.05, 0.1) is 30.6 Å². The minimum atomic E-state index is -0.870. The van der Waals surface area contributed by atoms with Crippen molar-refractivity contribution in [3.8, 4) is 11.5 Å². The SMILES string of the molecule is COc1ccc([C@@H]2C=C3c4ccc(C)cc4OC(=O)[C@@H]3[C@@H]3C(=O)N(c4cccc(Br)c4)C(=O)[C@H]32)cc1. The summed E-state index contributed by atoms with van der Waals surface area (Å²) in [6.07, 6.45) is 1.98. The molecule has 3 aliphatic rings. The van der Waals surface area contributed by atoms with E-state index in [2.05, 4.69) is 15.9 Å². The van der Waals surface area contributed by atoms with E-state index in [4.69, 9.17) is 9.47 Å². The lowest BCUT2D eigenvalue weighted by molar-refractivity contribution is -0.142. The Bertz CT molecular complexity index is 1460. The second-order valence-electron chi connectivity index (χ2n) is 9.36. The number of nitrogens with zero attached hydrogens (tertiary/aromatic N) is 1. The summed E-state index contributed by atoms with van der Waals surface area (Å²) in [5.41, 5.74) is 3.84. The lowest BCUT2D eigenvalue weighted by atomic mass is 9.64. The highest BCUT2D eigenvalue weighted by molar-refractivity contribution is 9.10. The van der Waals surface area contributed by atoms with E-state index in [-0.39, 0.29) is 11.8 Å². The third kappa shape index (κ3) is 3.41. The highest BCUT2D eigenvalue weighted by Gasteiger charge is 2.60. The number of imide groups is 1. The van der Waals surface area contributed by atoms with Crippen LogP contribution in [0.25, 0.3) is 5.57 Å². The third-order valence-electron chi connectivity index (χ3n) is 7.32. The highest BCUT2D eigenvalue weighted by atomic mass is 79.9. The molecule has 4 atom stereocenters. The summed E-state index contributed by atoms with van der Waals surface area (Å²) >= 11 is 3.43. The molecule has 0 N–H and O–H groups in total. The fourth-order valence-corrected chi connectivity index (χ4v) is 6.08. The van der Waals surface area contributed by atoms with Crippen LogP contribution in [0, 0.1) is 24.7 Å². The third-order valence-corrected chi connectivity index (χ3v) is 7.81. The Labute approximate surface area is 216 Å². The topological polar surface area (TPSA) is 72.9 Å². The summed E-state index contributed by atoms with van der Waals surface area (Å²) in [4.78, 5) is 42.4. The van der Waals surface area contributed by atoms with Gasteiger partial charge in [-0.2, -0.15) is 0 Å². The van der Waals surface area contributed by atoms with Crippen molar-refractivity contribution in [3.63, 3.8) is 0 Å². The molecule has 7 heteroatoms. The number of allylic oxidation sites excluding steroid dienone is 1. The average molecular weight is 544 g/mol. The number of rotatable bonds is 3. The summed E-state index contributed by atoms with van der Waals surface area (Å²) in [6.45, 7) is 1.93. The van der Waals surface area contributed by atoms with Crippen molar-refractivity contribution in [2.75, 3.05) is 12.0 Å². The summed E-state index contributed by atoms with van der Waals surface area (Å²) in [7, 11) is 1.60. The van der Waals surface area contributed by atoms with Crippen molar-refractivity contribution in [2.45, 2.75) is 12.8 Å². The summed E-state index contributed by atoms with van der Waals surface area (Å²) < 4.78 is 11.8. The largest absolute Gasteiger partial charge is 0.497 e. The monoisotopic (exact) mass is 543 g/mol. The number of anilines is 1. The Hall–Kier alpha value is -3.71. The molecule has 1 aliphatic carbocycles. The van der Waals surface area contributed by atoms with Gasteiger partial charge in [-0.25, -0.2) is 4.90 Å². The number of halogens is 1. The molecule has 1 fully saturated rings. The van der Waals surface area contributed by atoms with E-state index in [0.29, 0.717) is 17.2 Å². The van der Waals surface area contributed by atoms with E-state index < -0.39 is 29.6 Å².